The second-order valence-electron chi connectivity index (χ2n) is 7.04. The zero-order valence-corrected chi connectivity index (χ0v) is 20.2. The van der Waals surface area contributed by atoms with E-state index in [0.717, 1.165) is 10.2 Å². The first-order valence-electron chi connectivity index (χ1n) is 10.0. The molecule has 0 aliphatic carbocycles. The number of para-hydroxylation sites is 1. The van der Waals surface area contributed by atoms with Crippen LogP contribution in [0.15, 0.2) is 54.6 Å². The molecule has 0 unspecified atom stereocenters. The van der Waals surface area contributed by atoms with Crippen molar-refractivity contribution in [1.29, 1.82) is 0 Å². The van der Waals surface area contributed by atoms with E-state index in [4.69, 9.17) is 26.4 Å². The van der Waals surface area contributed by atoms with Gasteiger partial charge in [0.2, 0.25) is 5.75 Å². The summed E-state index contributed by atoms with van der Waals surface area (Å²) in [6, 6.07) is 15.9. The van der Waals surface area contributed by atoms with Crippen molar-refractivity contribution >= 4 is 50.5 Å². The van der Waals surface area contributed by atoms with Gasteiger partial charge in [0, 0.05) is 17.3 Å². The molecule has 0 aliphatic heterocycles. The number of amides is 1. The molecule has 1 amide bonds. The van der Waals surface area contributed by atoms with Gasteiger partial charge in [-0.15, -0.1) is 11.3 Å². The average molecular weight is 496 g/mol. The molecule has 0 atom stereocenters. The second-order valence-corrected chi connectivity index (χ2v) is 8.48. The minimum absolute atomic E-state index is 0.0443. The minimum atomic E-state index is -0.466. The van der Waals surface area contributed by atoms with Gasteiger partial charge in [0.15, 0.2) is 16.6 Å². The Morgan fingerprint density at radius 1 is 1.00 bits per heavy atom. The van der Waals surface area contributed by atoms with E-state index < -0.39 is 5.91 Å². The summed E-state index contributed by atoms with van der Waals surface area (Å²) in [5.74, 6) is 0.656. The lowest BCUT2D eigenvalue weighted by Crippen LogP contribution is -2.34. The van der Waals surface area contributed by atoms with Crippen molar-refractivity contribution in [2.24, 2.45) is 0 Å². The monoisotopic (exact) mass is 495 g/mol. The first-order valence-corrected chi connectivity index (χ1v) is 11.3. The van der Waals surface area contributed by atoms with Crippen LogP contribution in [-0.2, 0) is 0 Å². The van der Waals surface area contributed by atoms with E-state index in [9.17, 15) is 9.90 Å². The summed E-state index contributed by atoms with van der Waals surface area (Å²) in [7, 11) is 4.42. The fourth-order valence-corrected chi connectivity index (χ4v) is 4.54. The van der Waals surface area contributed by atoms with Gasteiger partial charge in [-0.1, -0.05) is 12.1 Å². The van der Waals surface area contributed by atoms with Crippen molar-refractivity contribution in [3.05, 3.63) is 60.2 Å². The van der Waals surface area contributed by atoms with Crippen molar-refractivity contribution in [1.82, 2.24) is 10.3 Å². The lowest BCUT2D eigenvalue weighted by Gasteiger charge is -2.15. The first-order chi connectivity index (χ1) is 16.4. The van der Waals surface area contributed by atoms with Gasteiger partial charge in [0.05, 0.1) is 37.1 Å². The number of thiazole rings is 1. The maximum atomic E-state index is 12.7. The highest BCUT2D eigenvalue weighted by atomic mass is 32.1. The van der Waals surface area contributed by atoms with Crippen molar-refractivity contribution in [3.63, 3.8) is 0 Å². The van der Waals surface area contributed by atoms with E-state index in [-0.39, 0.29) is 16.4 Å². The van der Waals surface area contributed by atoms with Crippen LogP contribution in [0.1, 0.15) is 10.4 Å². The van der Waals surface area contributed by atoms with Crippen molar-refractivity contribution in [2.45, 2.75) is 0 Å². The molecule has 0 aliphatic rings. The summed E-state index contributed by atoms with van der Waals surface area (Å²) in [5, 5.41) is 16.8. The van der Waals surface area contributed by atoms with Gasteiger partial charge in [-0.25, -0.2) is 4.98 Å². The summed E-state index contributed by atoms with van der Waals surface area (Å²) in [4.78, 5) is 17.3. The molecule has 0 saturated carbocycles. The highest BCUT2D eigenvalue weighted by Crippen LogP contribution is 2.38. The normalized spacial score (nSPS) is 10.6. The van der Waals surface area contributed by atoms with Crippen molar-refractivity contribution in [2.75, 3.05) is 26.6 Å². The molecule has 0 fully saturated rings. The number of nitrogens with one attached hydrogen (secondary N) is 2. The number of aromatic nitrogens is 1. The molecule has 0 spiro atoms. The van der Waals surface area contributed by atoms with Crippen LogP contribution in [0.2, 0.25) is 0 Å². The number of benzene rings is 3. The zero-order valence-electron chi connectivity index (χ0n) is 18.5. The molecule has 0 radical (unpaired) electrons. The van der Waals surface area contributed by atoms with Gasteiger partial charge >= 0.3 is 0 Å². The van der Waals surface area contributed by atoms with Crippen LogP contribution in [0.25, 0.3) is 20.8 Å². The highest BCUT2D eigenvalue weighted by Gasteiger charge is 2.18. The summed E-state index contributed by atoms with van der Waals surface area (Å²) >= 11 is 6.77. The molecule has 3 N–H and O–H groups in total. The number of methoxy groups -OCH3 is 3. The van der Waals surface area contributed by atoms with Gasteiger partial charge in [-0.3, -0.25) is 10.1 Å². The predicted molar refractivity (Wildman–Crippen MR) is 137 cm³/mol. The van der Waals surface area contributed by atoms with Crippen LogP contribution in [0.5, 0.6) is 23.0 Å². The van der Waals surface area contributed by atoms with Gasteiger partial charge in [0.1, 0.15) is 10.8 Å². The molecule has 8 nitrogen and oxygen atoms in total. The molecule has 1 heterocycles. The van der Waals surface area contributed by atoms with E-state index >= 15 is 0 Å². The van der Waals surface area contributed by atoms with Gasteiger partial charge < -0.3 is 24.6 Å². The van der Waals surface area contributed by atoms with Crippen molar-refractivity contribution < 1.29 is 24.1 Å². The number of nitrogens with zero attached hydrogens (tertiary/aromatic N) is 1. The molecule has 10 heteroatoms. The van der Waals surface area contributed by atoms with Crippen molar-refractivity contribution in [3.8, 4) is 33.6 Å². The summed E-state index contributed by atoms with van der Waals surface area (Å²) in [6.45, 7) is 0. The maximum absolute atomic E-state index is 12.7. The highest BCUT2D eigenvalue weighted by molar-refractivity contribution is 7.80. The Kier molecular flexibility index (Phi) is 6.80. The van der Waals surface area contributed by atoms with Crippen LogP contribution in [0.4, 0.5) is 5.69 Å². The molecule has 0 bridgehead atoms. The number of fused-ring (bicyclic) bond motifs is 1. The molecular formula is C24H21N3O5S2. The molecule has 174 valence electrons. The maximum Gasteiger partial charge on any atom is 0.257 e. The third-order valence-corrected chi connectivity index (χ3v) is 6.21. The number of carbonyl (C=O) groups excluding carboxylic acids is 1. The Morgan fingerprint density at radius 3 is 2.32 bits per heavy atom. The van der Waals surface area contributed by atoms with Crippen LogP contribution < -0.4 is 24.8 Å². The number of hydrogen-bond donors (Lipinski definition) is 3. The SMILES string of the molecule is COc1cc(C(=O)NC(=S)Nc2ccc(-c3nc4ccccc4s3)c(O)c2)cc(OC)c1OC. The van der Waals surface area contributed by atoms with E-state index in [0.29, 0.717) is 33.5 Å². The van der Waals surface area contributed by atoms with E-state index in [1.807, 2.05) is 24.3 Å². The number of carbonyl (C=O) groups is 1. The second kappa shape index (κ2) is 9.94. The number of anilines is 1. The smallest absolute Gasteiger partial charge is 0.257 e. The Morgan fingerprint density at radius 2 is 1.71 bits per heavy atom. The molecule has 4 rings (SSSR count). The number of phenolic OH excluding ortho intramolecular Hbond substituents is 1. The van der Waals surface area contributed by atoms with Crippen LogP contribution in [-0.4, -0.2) is 42.4 Å². The summed E-state index contributed by atoms with van der Waals surface area (Å²) in [6.07, 6.45) is 0. The molecule has 0 saturated heterocycles. The first kappa shape index (κ1) is 23.3. The number of ether oxygens (including phenoxy) is 3. The van der Waals surface area contributed by atoms with Crippen LogP contribution >= 0.6 is 23.6 Å². The minimum Gasteiger partial charge on any atom is -0.507 e. The summed E-state index contributed by atoms with van der Waals surface area (Å²) in [5.41, 5.74) is 2.27. The number of thiocarbonyl (C=S) groups is 1. The lowest BCUT2D eigenvalue weighted by molar-refractivity contribution is 0.0977. The van der Waals surface area contributed by atoms with E-state index in [1.165, 1.54) is 50.9 Å². The number of rotatable bonds is 6. The zero-order chi connectivity index (χ0) is 24.2. The predicted octanol–water partition coefficient (Wildman–Crippen LogP) is 4.82. The van der Waals surface area contributed by atoms with E-state index in [1.54, 1.807) is 12.1 Å². The third-order valence-electron chi connectivity index (χ3n) is 4.93. The van der Waals surface area contributed by atoms with Gasteiger partial charge in [-0.05, 0) is 48.6 Å². The Labute approximate surface area is 205 Å². The standard InChI is InChI=1S/C24H21N3O5S2/c1-30-18-10-13(11-19(31-2)21(18)32-3)22(29)27-24(33)25-14-8-9-15(17(28)12-14)23-26-16-6-4-5-7-20(16)34-23/h4-12,28H,1-3H3,(H2,25,27,29,33). The summed E-state index contributed by atoms with van der Waals surface area (Å²) < 4.78 is 16.9. The number of phenols is 1. The van der Waals surface area contributed by atoms with E-state index in [2.05, 4.69) is 15.6 Å². The molecule has 3 aromatic carbocycles. The average Bonchev–Trinajstić information content (AvgIpc) is 3.26. The van der Waals surface area contributed by atoms with Gasteiger partial charge in [-0.2, -0.15) is 0 Å². The van der Waals surface area contributed by atoms with Gasteiger partial charge in [0.25, 0.3) is 5.91 Å². The Bertz CT molecular complexity index is 1330. The molecule has 34 heavy (non-hydrogen) atoms. The fraction of sp³-hybridized carbons (Fsp3) is 0.125. The quantitative estimate of drug-likeness (QED) is 0.327. The molecule has 1 aromatic heterocycles. The molecule has 4 aromatic rings. The topological polar surface area (TPSA) is 102 Å². The van der Waals surface area contributed by atoms with Crippen LogP contribution in [0.3, 0.4) is 0 Å². The van der Waals surface area contributed by atoms with Crippen LogP contribution in [0, 0.1) is 0 Å². The third kappa shape index (κ3) is 4.73. The Hall–Kier alpha value is -3.89. The lowest BCUT2D eigenvalue weighted by atomic mass is 10.1. The fourth-order valence-electron chi connectivity index (χ4n) is 3.33. The molecular weight excluding hydrogens is 474 g/mol. The Balaban J connectivity index is 1.48. The largest absolute Gasteiger partial charge is 0.507 e. The number of hydrogen-bond acceptors (Lipinski definition) is 8. The number of aromatic hydroxyl groups is 1.